The van der Waals surface area contributed by atoms with E-state index in [1.807, 2.05) is 11.0 Å². The number of phenols is 1. The topological polar surface area (TPSA) is 35.5 Å². The Bertz CT molecular complexity index is 420. The molecule has 0 saturated carbocycles. The van der Waals surface area contributed by atoms with Gasteiger partial charge in [-0.05, 0) is 12.5 Å². The van der Waals surface area contributed by atoms with Gasteiger partial charge in [0.2, 0.25) is 6.43 Å². The number of nitrogens with zero attached hydrogens (tertiary/aromatic N) is 1. The van der Waals surface area contributed by atoms with Crippen molar-refractivity contribution in [2.24, 2.45) is 0 Å². The molecule has 0 aromatic heterocycles. The normalized spacial score (nSPS) is 18.7. The molecule has 0 amide bonds. The largest absolute Gasteiger partial charge is 0.507 e. The highest BCUT2D eigenvalue weighted by Crippen LogP contribution is 2.34. The van der Waals surface area contributed by atoms with Crippen LogP contribution < -0.4 is 5.32 Å². The summed E-state index contributed by atoms with van der Waals surface area (Å²) in [5.41, 5.74) is 1.34. The quantitative estimate of drug-likeness (QED) is 0.881. The number of phenolic OH excluding ortho intramolecular Hbond substituents is 1. The van der Waals surface area contributed by atoms with Gasteiger partial charge >= 0.3 is 0 Å². The molecule has 1 heterocycles. The highest BCUT2D eigenvalue weighted by Gasteiger charge is 2.27. The molecule has 1 aromatic rings. The summed E-state index contributed by atoms with van der Waals surface area (Å²) in [7, 11) is 0. The summed E-state index contributed by atoms with van der Waals surface area (Å²) in [6, 6.07) is 4.93. The molecule has 106 valence electrons. The van der Waals surface area contributed by atoms with E-state index in [4.69, 9.17) is 0 Å². The Morgan fingerprint density at radius 1 is 1.32 bits per heavy atom. The van der Waals surface area contributed by atoms with Crippen molar-refractivity contribution in [3.63, 3.8) is 0 Å². The summed E-state index contributed by atoms with van der Waals surface area (Å²) in [4.78, 5) is 2.02. The minimum Gasteiger partial charge on any atom is -0.507 e. The van der Waals surface area contributed by atoms with Gasteiger partial charge in [0.15, 0.2) is 0 Å². The van der Waals surface area contributed by atoms with Crippen LogP contribution >= 0.6 is 0 Å². The van der Waals surface area contributed by atoms with Gasteiger partial charge in [0.05, 0.1) is 0 Å². The van der Waals surface area contributed by atoms with E-state index in [2.05, 4.69) is 5.32 Å². The van der Waals surface area contributed by atoms with Crippen LogP contribution in [0.4, 0.5) is 8.78 Å². The highest BCUT2D eigenvalue weighted by molar-refractivity contribution is 5.41. The average molecular weight is 270 g/mol. The zero-order valence-electron chi connectivity index (χ0n) is 11.1. The molecule has 0 radical (unpaired) electrons. The van der Waals surface area contributed by atoms with Crippen molar-refractivity contribution >= 4 is 0 Å². The lowest BCUT2D eigenvalue weighted by atomic mass is 9.98. The number of alkyl halides is 2. The van der Waals surface area contributed by atoms with Gasteiger partial charge < -0.3 is 10.4 Å². The monoisotopic (exact) mass is 270 g/mol. The van der Waals surface area contributed by atoms with Gasteiger partial charge in [-0.1, -0.05) is 18.2 Å². The van der Waals surface area contributed by atoms with Crippen LogP contribution in [0.25, 0.3) is 0 Å². The summed E-state index contributed by atoms with van der Waals surface area (Å²) < 4.78 is 25.7. The lowest BCUT2D eigenvalue weighted by Gasteiger charge is -2.35. The van der Waals surface area contributed by atoms with E-state index in [9.17, 15) is 13.9 Å². The van der Waals surface area contributed by atoms with Crippen molar-refractivity contribution in [3.05, 3.63) is 29.3 Å². The van der Waals surface area contributed by atoms with Gasteiger partial charge in [-0.25, -0.2) is 8.78 Å². The summed E-state index contributed by atoms with van der Waals surface area (Å²) in [6.45, 7) is 4.84. The molecular weight excluding hydrogens is 250 g/mol. The second-order valence-electron chi connectivity index (χ2n) is 4.94. The van der Waals surface area contributed by atoms with E-state index in [0.717, 1.165) is 31.7 Å². The van der Waals surface area contributed by atoms with Crippen LogP contribution in [-0.4, -0.2) is 42.6 Å². The predicted octanol–water partition coefficient (Wildman–Crippen LogP) is 2.30. The first-order valence-electron chi connectivity index (χ1n) is 6.61. The van der Waals surface area contributed by atoms with Crippen molar-refractivity contribution in [3.8, 4) is 5.75 Å². The fraction of sp³-hybridized carbons (Fsp3) is 0.571. The van der Waals surface area contributed by atoms with Crippen molar-refractivity contribution in [1.29, 1.82) is 0 Å². The Kier molecular flexibility index (Phi) is 4.71. The van der Waals surface area contributed by atoms with Gasteiger partial charge in [-0.15, -0.1) is 0 Å². The molecule has 2 N–H and O–H groups in total. The van der Waals surface area contributed by atoms with Crippen LogP contribution in [0, 0.1) is 6.92 Å². The Hall–Kier alpha value is -1.20. The van der Waals surface area contributed by atoms with Gasteiger partial charge in [-0.3, -0.25) is 4.90 Å². The van der Waals surface area contributed by atoms with E-state index >= 15 is 0 Å². The number of halogens is 2. The van der Waals surface area contributed by atoms with Crippen LogP contribution in [0.2, 0.25) is 0 Å². The number of nitrogens with one attached hydrogen (secondary N) is 1. The summed E-state index contributed by atoms with van der Waals surface area (Å²) in [5.74, 6) is 0.145. The van der Waals surface area contributed by atoms with E-state index < -0.39 is 12.5 Å². The van der Waals surface area contributed by atoms with Crippen LogP contribution in [0.3, 0.4) is 0 Å². The van der Waals surface area contributed by atoms with E-state index in [1.165, 1.54) is 0 Å². The Morgan fingerprint density at radius 2 is 2.00 bits per heavy atom. The fourth-order valence-corrected chi connectivity index (χ4v) is 2.59. The lowest BCUT2D eigenvalue weighted by Crippen LogP contribution is -2.45. The summed E-state index contributed by atoms with van der Waals surface area (Å²) in [5, 5.41) is 13.3. The molecule has 3 nitrogen and oxygen atoms in total. The third kappa shape index (κ3) is 3.42. The fourth-order valence-electron chi connectivity index (χ4n) is 2.59. The van der Waals surface area contributed by atoms with Crippen LogP contribution in [0.15, 0.2) is 18.2 Å². The predicted molar refractivity (Wildman–Crippen MR) is 70.6 cm³/mol. The average Bonchev–Trinajstić information content (AvgIpc) is 2.40. The molecule has 1 atom stereocenters. The maximum atomic E-state index is 12.8. The number of para-hydroxylation sites is 1. The first-order valence-corrected chi connectivity index (χ1v) is 6.61. The smallest absolute Gasteiger partial charge is 0.240 e. The number of rotatable bonds is 4. The molecule has 1 aliphatic heterocycles. The Balaban J connectivity index is 2.27. The molecule has 0 spiro atoms. The second kappa shape index (κ2) is 6.30. The van der Waals surface area contributed by atoms with Crippen molar-refractivity contribution < 1.29 is 13.9 Å². The van der Waals surface area contributed by atoms with Gasteiger partial charge in [0.25, 0.3) is 0 Å². The number of benzene rings is 1. The zero-order valence-corrected chi connectivity index (χ0v) is 11.1. The molecule has 0 aliphatic carbocycles. The number of piperazine rings is 1. The summed E-state index contributed by atoms with van der Waals surface area (Å²) >= 11 is 0. The number of aromatic hydroxyl groups is 1. The molecule has 1 fully saturated rings. The SMILES string of the molecule is Cc1cccc([C@@H](CC(F)F)N2CCNCC2)c1O. The third-order valence-corrected chi connectivity index (χ3v) is 3.62. The number of aryl methyl sites for hydroxylation is 1. The lowest BCUT2D eigenvalue weighted by molar-refractivity contribution is 0.0729. The van der Waals surface area contributed by atoms with Crippen LogP contribution in [-0.2, 0) is 0 Å². The molecule has 2 rings (SSSR count). The standard InChI is InChI=1S/C14H20F2N2O/c1-10-3-2-4-11(14(10)19)12(9-13(15)16)18-7-5-17-6-8-18/h2-4,12-13,17,19H,5-9H2,1H3/t12-/m1/s1. The maximum Gasteiger partial charge on any atom is 0.240 e. The van der Waals surface area contributed by atoms with Crippen molar-refractivity contribution in [2.45, 2.75) is 25.8 Å². The zero-order chi connectivity index (χ0) is 13.8. The first kappa shape index (κ1) is 14.2. The Morgan fingerprint density at radius 3 is 2.63 bits per heavy atom. The molecule has 0 unspecified atom stereocenters. The second-order valence-corrected chi connectivity index (χ2v) is 4.94. The molecule has 19 heavy (non-hydrogen) atoms. The molecule has 1 aromatic carbocycles. The maximum absolute atomic E-state index is 12.8. The summed E-state index contributed by atoms with van der Waals surface area (Å²) in [6.07, 6.45) is -2.61. The molecule has 1 saturated heterocycles. The van der Waals surface area contributed by atoms with Gasteiger partial charge in [0, 0.05) is 44.2 Å². The molecule has 5 heteroatoms. The number of hydrogen-bond donors (Lipinski definition) is 2. The minimum atomic E-state index is -2.38. The van der Waals surface area contributed by atoms with Crippen LogP contribution in [0.1, 0.15) is 23.6 Å². The molecule has 1 aliphatic rings. The first-order chi connectivity index (χ1) is 9.09. The van der Waals surface area contributed by atoms with Crippen molar-refractivity contribution in [2.75, 3.05) is 26.2 Å². The van der Waals surface area contributed by atoms with E-state index in [1.54, 1.807) is 19.1 Å². The molecular formula is C14H20F2N2O. The minimum absolute atomic E-state index is 0.145. The molecule has 0 bridgehead atoms. The van der Waals surface area contributed by atoms with Gasteiger partial charge in [-0.2, -0.15) is 0 Å². The number of hydrogen-bond acceptors (Lipinski definition) is 3. The van der Waals surface area contributed by atoms with E-state index in [0.29, 0.717) is 5.56 Å². The third-order valence-electron chi connectivity index (χ3n) is 3.62. The Labute approximate surface area is 112 Å². The van der Waals surface area contributed by atoms with Crippen molar-refractivity contribution in [1.82, 2.24) is 10.2 Å². The van der Waals surface area contributed by atoms with Crippen LogP contribution in [0.5, 0.6) is 5.75 Å². The van der Waals surface area contributed by atoms with E-state index in [-0.39, 0.29) is 12.2 Å². The highest BCUT2D eigenvalue weighted by atomic mass is 19.3. The van der Waals surface area contributed by atoms with Gasteiger partial charge in [0.1, 0.15) is 5.75 Å².